The van der Waals surface area contributed by atoms with E-state index in [-0.39, 0.29) is 0 Å². The summed E-state index contributed by atoms with van der Waals surface area (Å²) >= 11 is 0. The van der Waals surface area contributed by atoms with Gasteiger partial charge in [0.25, 0.3) is 0 Å². The topological polar surface area (TPSA) is 24.4 Å². The molecule has 0 atom stereocenters. The highest BCUT2D eigenvalue weighted by Gasteiger charge is 2.19. The molecular weight excluding hydrogens is 352 g/mol. The van der Waals surface area contributed by atoms with Crippen molar-refractivity contribution >= 4 is 6.34 Å². The zero-order valence-electron chi connectivity index (χ0n) is 18.6. The first-order valence-electron chi connectivity index (χ1n) is 10.7. The number of hydrogen-bond donors (Lipinski definition) is 1. The van der Waals surface area contributed by atoms with Gasteiger partial charge in [0, 0.05) is 5.70 Å². The van der Waals surface area contributed by atoms with Gasteiger partial charge in [0.05, 0.1) is 12.0 Å². The van der Waals surface area contributed by atoms with Gasteiger partial charge in [-0.3, -0.25) is 0 Å². The van der Waals surface area contributed by atoms with Crippen molar-refractivity contribution in [2.75, 3.05) is 0 Å². The van der Waals surface area contributed by atoms with E-state index in [0.29, 0.717) is 0 Å². The van der Waals surface area contributed by atoms with Gasteiger partial charge in [-0.1, -0.05) is 67.7 Å². The number of allylic oxidation sites excluding steroid dienone is 11. The van der Waals surface area contributed by atoms with Crippen LogP contribution in [-0.2, 0) is 0 Å². The molecule has 0 aromatic heterocycles. The molecule has 154 valence electrons. The van der Waals surface area contributed by atoms with E-state index < -0.39 is 0 Å². The van der Waals surface area contributed by atoms with E-state index >= 15 is 0 Å². The highest BCUT2D eigenvalue weighted by molar-refractivity contribution is 5.64. The fourth-order valence-electron chi connectivity index (χ4n) is 3.66. The first-order valence-corrected chi connectivity index (χ1v) is 10.7. The maximum absolute atomic E-state index is 4.90. The van der Waals surface area contributed by atoms with Crippen LogP contribution < -0.4 is 5.32 Å². The standard InChI is InChI=1S/C27H36N2/c1-7-20(3)17-18-21(4)23(6)28-19-29-27-22(5)24(8-2)15-12-16-26(27)25-13-10-9-11-14-25/h7,9-10,13,17-19H,4,6,8,11-12,14-16H2,1-3,5H3,(H,28,29)/b18-17-,20-7-. The van der Waals surface area contributed by atoms with Crippen LogP contribution in [0.3, 0.4) is 0 Å². The third-order valence-corrected chi connectivity index (χ3v) is 5.73. The predicted molar refractivity (Wildman–Crippen MR) is 129 cm³/mol. The molecule has 0 aromatic carbocycles. The summed E-state index contributed by atoms with van der Waals surface area (Å²) in [6.07, 6.45) is 21.3. The van der Waals surface area contributed by atoms with Crippen LogP contribution in [0.5, 0.6) is 0 Å². The van der Waals surface area contributed by atoms with Crippen LogP contribution in [0.25, 0.3) is 0 Å². The second-order valence-electron chi connectivity index (χ2n) is 7.69. The minimum atomic E-state index is 0.766. The largest absolute Gasteiger partial charge is 0.346 e. The molecule has 0 spiro atoms. The molecule has 2 heteroatoms. The molecule has 2 rings (SSSR count). The lowest BCUT2D eigenvalue weighted by molar-refractivity contribution is 0.781. The molecule has 0 heterocycles. The molecule has 2 aliphatic rings. The molecular formula is C27H36N2. The average Bonchev–Trinajstić information content (AvgIpc) is 2.90. The van der Waals surface area contributed by atoms with E-state index in [4.69, 9.17) is 4.99 Å². The Balaban J connectivity index is 2.26. The van der Waals surface area contributed by atoms with Gasteiger partial charge < -0.3 is 5.32 Å². The van der Waals surface area contributed by atoms with E-state index in [9.17, 15) is 0 Å². The molecule has 29 heavy (non-hydrogen) atoms. The van der Waals surface area contributed by atoms with Crippen LogP contribution in [-0.4, -0.2) is 6.34 Å². The molecule has 0 saturated heterocycles. The summed E-state index contributed by atoms with van der Waals surface area (Å²) in [7, 11) is 0. The van der Waals surface area contributed by atoms with E-state index in [2.05, 4.69) is 63.5 Å². The predicted octanol–water partition coefficient (Wildman–Crippen LogP) is 7.64. The summed E-state index contributed by atoms with van der Waals surface area (Å²) in [5.41, 5.74) is 9.64. The Bertz CT molecular complexity index is 851. The Kier molecular flexibility index (Phi) is 8.92. The van der Waals surface area contributed by atoms with Crippen molar-refractivity contribution in [3.63, 3.8) is 0 Å². The van der Waals surface area contributed by atoms with Crippen molar-refractivity contribution in [2.24, 2.45) is 4.99 Å². The van der Waals surface area contributed by atoms with Crippen molar-refractivity contribution < 1.29 is 0 Å². The molecule has 2 nitrogen and oxygen atoms in total. The second-order valence-corrected chi connectivity index (χ2v) is 7.69. The monoisotopic (exact) mass is 388 g/mol. The van der Waals surface area contributed by atoms with Gasteiger partial charge in [-0.15, -0.1) is 0 Å². The van der Waals surface area contributed by atoms with Gasteiger partial charge in [0.1, 0.15) is 0 Å². The molecule has 0 bridgehead atoms. The summed E-state index contributed by atoms with van der Waals surface area (Å²) in [6, 6.07) is 0. The summed E-state index contributed by atoms with van der Waals surface area (Å²) < 4.78 is 0. The molecule has 0 radical (unpaired) electrons. The number of rotatable bonds is 8. The van der Waals surface area contributed by atoms with Crippen molar-refractivity contribution in [3.05, 3.63) is 94.4 Å². The Morgan fingerprint density at radius 1 is 1.21 bits per heavy atom. The normalized spacial score (nSPS) is 18.5. The first-order chi connectivity index (χ1) is 14.0. The van der Waals surface area contributed by atoms with Gasteiger partial charge in [-0.25, -0.2) is 4.99 Å². The molecule has 1 N–H and O–H groups in total. The fourth-order valence-corrected chi connectivity index (χ4v) is 3.66. The van der Waals surface area contributed by atoms with Gasteiger partial charge in [-0.2, -0.15) is 0 Å². The molecule has 0 amide bonds. The average molecular weight is 389 g/mol. The van der Waals surface area contributed by atoms with Crippen LogP contribution in [0.15, 0.2) is 99.4 Å². The maximum Gasteiger partial charge on any atom is 0.0930 e. The second kappa shape index (κ2) is 11.4. The minimum Gasteiger partial charge on any atom is -0.346 e. The minimum absolute atomic E-state index is 0.766. The van der Waals surface area contributed by atoms with E-state index in [0.717, 1.165) is 42.7 Å². The van der Waals surface area contributed by atoms with Crippen molar-refractivity contribution in [1.82, 2.24) is 5.32 Å². The van der Waals surface area contributed by atoms with Crippen LogP contribution >= 0.6 is 0 Å². The van der Waals surface area contributed by atoms with E-state index in [1.165, 1.54) is 40.7 Å². The highest BCUT2D eigenvalue weighted by atomic mass is 15.0. The van der Waals surface area contributed by atoms with Crippen molar-refractivity contribution in [2.45, 2.75) is 66.2 Å². The summed E-state index contributed by atoms with van der Waals surface area (Å²) in [5, 5.41) is 3.22. The molecule has 0 saturated carbocycles. The fraction of sp³-hybridized carbons (Fsp3) is 0.370. The maximum atomic E-state index is 4.90. The van der Waals surface area contributed by atoms with Crippen LogP contribution in [0.4, 0.5) is 0 Å². The zero-order chi connectivity index (χ0) is 21.2. The Morgan fingerprint density at radius 2 is 2.00 bits per heavy atom. The Morgan fingerprint density at radius 3 is 2.66 bits per heavy atom. The molecule has 0 unspecified atom stereocenters. The van der Waals surface area contributed by atoms with Gasteiger partial charge >= 0.3 is 0 Å². The van der Waals surface area contributed by atoms with E-state index in [1.807, 2.05) is 19.1 Å². The van der Waals surface area contributed by atoms with Crippen LogP contribution in [0.1, 0.15) is 66.2 Å². The number of nitrogens with one attached hydrogen (secondary N) is 1. The third-order valence-electron chi connectivity index (χ3n) is 5.73. The SMILES string of the molecule is C=C(/C=C\C(C)=C/C)C(=C)N/C=N/C1=C(C2=CC=CCC2)CCCC(CC)=C1C. The summed E-state index contributed by atoms with van der Waals surface area (Å²) in [6.45, 7) is 16.8. The number of nitrogens with zero attached hydrogens (tertiary/aromatic N) is 1. The Labute approximate surface area is 177 Å². The Hall–Kier alpha value is -2.61. The number of hydrogen-bond acceptors (Lipinski definition) is 1. The van der Waals surface area contributed by atoms with Crippen molar-refractivity contribution in [3.8, 4) is 0 Å². The molecule has 0 aromatic rings. The molecule has 2 aliphatic carbocycles. The first kappa shape index (κ1) is 22.7. The quantitative estimate of drug-likeness (QED) is 0.258. The van der Waals surface area contributed by atoms with Crippen LogP contribution in [0.2, 0.25) is 0 Å². The lowest BCUT2D eigenvalue weighted by atomic mass is 9.92. The van der Waals surface area contributed by atoms with Gasteiger partial charge in [0.15, 0.2) is 0 Å². The van der Waals surface area contributed by atoms with Gasteiger partial charge in [0.2, 0.25) is 0 Å². The molecule has 0 aliphatic heterocycles. The highest BCUT2D eigenvalue weighted by Crippen LogP contribution is 2.36. The van der Waals surface area contributed by atoms with Crippen LogP contribution in [0, 0.1) is 0 Å². The number of aliphatic imine (C=N–C) groups is 1. The lowest BCUT2D eigenvalue weighted by Crippen LogP contribution is -2.11. The summed E-state index contributed by atoms with van der Waals surface area (Å²) in [5.74, 6) is 0. The lowest BCUT2D eigenvalue weighted by Gasteiger charge is -2.16. The van der Waals surface area contributed by atoms with E-state index in [1.54, 1.807) is 6.34 Å². The molecule has 0 fully saturated rings. The smallest absolute Gasteiger partial charge is 0.0930 e. The van der Waals surface area contributed by atoms with Gasteiger partial charge in [-0.05, 0) is 81.6 Å². The zero-order valence-corrected chi connectivity index (χ0v) is 18.6. The van der Waals surface area contributed by atoms with Crippen molar-refractivity contribution in [1.29, 1.82) is 0 Å². The third kappa shape index (κ3) is 6.45. The summed E-state index contributed by atoms with van der Waals surface area (Å²) in [4.78, 5) is 4.90.